The maximum absolute atomic E-state index is 2.46. The fourth-order valence-corrected chi connectivity index (χ4v) is 8.63. The molecule has 0 radical (unpaired) electrons. The summed E-state index contributed by atoms with van der Waals surface area (Å²) in [7, 11) is 0. The quantitative estimate of drug-likeness (QED) is 0.192. The molecular formula is C43H29NS. The molecule has 0 spiro atoms. The average molecular weight is 592 g/mol. The summed E-state index contributed by atoms with van der Waals surface area (Å²) < 4.78 is 2.60. The normalized spacial score (nSPS) is 13.1. The molecule has 45 heavy (non-hydrogen) atoms. The van der Waals surface area contributed by atoms with E-state index in [9.17, 15) is 0 Å². The van der Waals surface area contributed by atoms with Gasteiger partial charge in [0, 0.05) is 37.2 Å². The van der Waals surface area contributed by atoms with Gasteiger partial charge in [0.2, 0.25) is 0 Å². The smallest absolute Gasteiger partial charge is 0.0714 e. The number of fused-ring (bicyclic) bond motifs is 6. The molecule has 2 heteroatoms. The Labute approximate surface area is 267 Å². The van der Waals surface area contributed by atoms with E-state index < -0.39 is 0 Å². The predicted molar refractivity (Wildman–Crippen MR) is 191 cm³/mol. The molecule has 1 nitrogen and oxygen atoms in total. The predicted octanol–water partition coefficient (Wildman–Crippen LogP) is 11.9. The van der Waals surface area contributed by atoms with Gasteiger partial charge in [-0.1, -0.05) is 133 Å². The zero-order chi connectivity index (χ0) is 29.8. The first-order valence-electron chi connectivity index (χ1n) is 15.4. The number of para-hydroxylation sites is 2. The van der Waals surface area contributed by atoms with Crippen molar-refractivity contribution in [2.75, 3.05) is 4.90 Å². The van der Waals surface area contributed by atoms with E-state index in [-0.39, 0.29) is 5.41 Å². The van der Waals surface area contributed by atoms with Crippen molar-refractivity contribution in [2.24, 2.45) is 0 Å². The van der Waals surface area contributed by atoms with Crippen molar-refractivity contribution in [3.63, 3.8) is 0 Å². The van der Waals surface area contributed by atoms with Crippen molar-refractivity contribution in [2.45, 2.75) is 5.41 Å². The summed E-state index contributed by atoms with van der Waals surface area (Å²) in [4.78, 5) is 2.34. The first kappa shape index (κ1) is 26.0. The van der Waals surface area contributed by atoms with Crippen LogP contribution in [0.4, 0.5) is 17.1 Å². The van der Waals surface area contributed by atoms with E-state index in [1.54, 1.807) is 0 Å². The average Bonchev–Trinajstić information content (AvgIpc) is 3.63. The first-order valence-corrected chi connectivity index (χ1v) is 16.3. The monoisotopic (exact) mass is 591 g/mol. The SMILES string of the molecule is c1ccc(N(c2ccccc2)c2ccc3c(c2)sc2cc(C4(c5ccccc5)c5ccccc5-c5ccccc54)ccc23)cc1. The summed E-state index contributed by atoms with van der Waals surface area (Å²) in [6.45, 7) is 0. The van der Waals surface area contributed by atoms with Gasteiger partial charge in [-0.15, -0.1) is 11.3 Å². The summed E-state index contributed by atoms with van der Waals surface area (Å²) >= 11 is 1.89. The van der Waals surface area contributed by atoms with Crippen LogP contribution >= 0.6 is 11.3 Å². The molecule has 0 saturated carbocycles. The molecule has 212 valence electrons. The second-order valence-electron chi connectivity index (χ2n) is 11.7. The highest BCUT2D eigenvalue weighted by molar-refractivity contribution is 7.25. The standard InChI is InChI=1S/C43H29NS/c1-4-14-30(15-5-1)43(39-22-12-10-20-35(39)36-21-11-13-23-40(36)43)31-24-26-37-38-27-25-34(29-42(38)45-41(37)28-31)44(32-16-6-2-7-17-32)33-18-8-3-9-19-33/h1-29H. The third-order valence-corrected chi connectivity index (χ3v) is 10.5. The molecule has 0 bridgehead atoms. The first-order chi connectivity index (χ1) is 22.3. The van der Waals surface area contributed by atoms with Crippen molar-refractivity contribution >= 4 is 48.6 Å². The van der Waals surface area contributed by atoms with E-state index in [0.29, 0.717) is 0 Å². The fourth-order valence-electron chi connectivity index (χ4n) is 7.45. The van der Waals surface area contributed by atoms with Gasteiger partial charge in [0.05, 0.1) is 5.41 Å². The van der Waals surface area contributed by atoms with Crippen LogP contribution < -0.4 is 4.90 Å². The van der Waals surface area contributed by atoms with Gasteiger partial charge in [0.15, 0.2) is 0 Å². The van der Waals surface area contributed by atoms with E-state index in [1.165, 1.54) is 53.6 Å². The van der Waals surface area contributed by atoms with Crippen LogP contribution in [0.5, 0.6) is 0 Å². The number of anilines is 3. The zero-order valence-electron chi connectivity index (χ0n) is 24.6. The Bertz CT molecular complexity index is 2240. The Hall–Kier alpha value is -5.44. The number of nitrogens with zero attached hydrogens (tertiary/aromatic N) is 1. The molecule has 1 aliphatic rings. The molecule has 0 fully saturated rings. The lowest BCUT2D eigenvalue weighted by molar-refractivity contribution is 0.770. The van der Waals surface area contributed by atoms with Crippen molar-refractivity contribution in [1.82, 2.24) is 0 Å². The summed E-state index contributed by atoms with van der Waals surface area (Å²) in [5, 5.41) is 2.60. The number of thiophene rings is 1. The van der Waals surface area contributed by atoms with Gasteiger partial charge in [0.1, 0.15) is 0 Å². The summed E-state index contributed by atoms with van der Waals surface area (Å²) in [6, 6.07) is 64.3. The summed E-state index contributed by atoms with van der Waals surface area (Å²) in [5.74, 6) is 0. The molecule has 0 atom stereocenters. The lowest BCUT2D eigenvalue weighted by Crippen LogP contribution is -2.28. The number of benzene rings is 7. The van der Waals surface area contributed by atoms with Gasteiger partial charge in [-0.25, -0.2) is 0 Å². The molecule has 0 unspecified atom stereocenters. The van der Waals surface area contributed by atoms with E-state index in [2.05, 4.69) is 181 Å². The van der Waals surface area contributed by atoms with Crippen LogP contribution in [0.15, 0.2) is 176 Å². The highest BCUT2D eigenvalue weighted by Crippen LogP contribution is 2.56. The molecule has 0 amide bonds. The molecule has 1 heterocycles. The van der Waals surface area contributed by atoms with E-state index >= 15 is 0 Å². The lowest BCUT2D eigenvalue weighted by Gasteiger charge is -2.33. The molecule has 9 rings (SSSR count). The highest BCUT2D eigenvalue weighted by atomic mass is 32.1. The molecule has 7 aromatic carbocycles. The second-order valence-corrected chi connectivity index (χ2v) is 12.8. The maximum atomic E-state index is 2.46. The molecule has 1 aliphatic carbocycles. The van der Waals surface area contributed by atoms with Crippen LogP contribution in [0, 0.1) is 0 Å². The maximum Gasteiger partial charge on any atom is 0.0714 e. The minimum atomic E-state index is -0.388. The van der Waals surface area contributed by atoms with Crippen LogP contribution in [-0.2, 0) is 5.41 Å². The lowest BCUT2D eigenvalue weighted by atomic mass is 9.67. The largest absolute Gasteiger partial charge is 0.310 e. The molecule has 0 N–H and O–H groups in total. The third-order valence-electron chi connectivity index (χ3n) is 9.34. The molecular weight excluding hydrogens is 563 g/mol. The Morgan fingerprint density at radius 3 is 1.47 bits per heavy atom. The summed E-state index contributed by atoms with van der Waals surface area (Å²) in [6.07, 6.45) is 0. The van der Waals surface area contributed by atoms with Crippen LogP contribution in [0.25, 0.3) is 31.3 Å². The molecule has 0 saturated heterocycles. The van der Waals surface area contributed by atoms with Crippen LogP contribution in [-0.4, -0.2) is 0 Å². The second kappa shape index (κ2) is 10.3. The Morgan fingerprint density at radius 1 is 0.378 bits per heavy atom. The molecule has 8 aromatic rings. The Kier molecular flexibility index (Phi) is 5.97. The Morgan fingerprint density at radius 2 is 0.867 bits per heavy atom. The van der Waals surface area contributed by atoms with Crippen molar-refractivity contribution < 1.29 is 0 Å². The number of hydrogen-bond donors (Lipinski definition) is 0. The topological polar surface area (TPSA) is 3.24 Å². The van der Waals surface area contributed by atoms with Crippen LogP contribution in [0.2, 0.25) is 0 Å². The Balaban J connectivity index is 1.26. The molecule has 1 aromatic heterocycles. The zero-order valence-corrected chi connectivity index (χ0v) is 25.4. The fraction of sp³-hybridized carbons (Fsp3) is 0.0233. The van der Waals surface area contributed by atoms with Crippen molar-refractivity contribution in [3.8, 4) is 11.1 Å². The van der Waals surface area contributed by atoms with Crippen molar-refractivity contribution in [3.05, 3.63) is 198 Å². The van der Waals surface area contributed by atoms with Gasteiger partial charge in [-0.3, -0.25) is 0 Å². The van der Waals surface area contributed by atoms with Gasteiger partial charge in [0.25, 0.3) is 0 Å². The van der Waals surface area contributed by atoms with Crippen molar-refractivity contribution in [1.29, 1.82) is 0 Å². The van der Waals surface area contributed by atoms with E-state index in [1.807, 2.05) is 11.3 Å². The van der Waals surface area contributed by atoms with Gasteiger partial charge in [-0.2, -0.15) is 0 Å². The van der Waals surface area contributed by atoms with Gasteiger partial charge < -0.3 is 4.90 Å². The molecule has 0 aliphatic heterocycles. The minimum Gasteiger partial charge on any atom is -0.310 e. The van der Waals surface area contributed by atoms with Gasteiger partial charge >= 0.3 is 0 Å². The van der Waals surface area contributed by atoms with Crippen LogP contribution in [0.1, 0.15) is 22.3 Å². The summed E-state index contributed by atoms with van der Waals surface area (Å²) in [5.41, 5.74) is 11.0. The van der Waals surface area contributed by atoms with E-state index in [4.69, 9.17) is 0 Å². The van der Waals surface area contributed by atoms with Gasteiger partial charge in [-0.05, 0) is 75.8 Å². The number of rotatable bonds is 5. The highest BCUT2D eigenvalue weighted by Gasteiger charge is 2.45. The van der Waals surface area contributed by atoms with E-state index in [0.717, 1.165) is 17.1 Å². The minimum absolute atomic E-state index is 0.388. The third kappa shape index (κ3) is 3.93. The van der Waals surface area contributed by atoms with Crippen LogP contribution in [0.3, 0.4) is 0 Å². The number of hydrogen-bond acceptors (Lipinski definition) is 2.